The van der Waals surface area contributed by atoms with E-state index < -0.39 is 18.0 Å². The molecule has 3 heteroatoms. The van der Waals surface area contributed by atoms with E-state index in [9.17, 15) is 9.90 Å². The summed E-state index contributed by atoms with van der Waals surface area (Å²) in [5.41, 5.74) is 0. The van der Waals surface area contributed by atoms with Crippen LogP contribution in [0.2, 0.25) is 0 Å². The van der Waals surface area contributed by atoms with Crippen LogP contribution in [0.4, 0.5) is 0 Å². The minimum Gasteiger partial charge on any atom is -0.481 e. The van der Waals surface area contributed by atoms with Crippen LogP contribution < -0.4 is 0 Å². The average molecular weight is 158 g/mol. The third-order valence-corrected chi connectivity index (χ3v) is 2.30. The number of carboxylic acid groups (broad SMARTS) is 1. The summed E-state index contributed by atoms with van der Waals surface area (Å²) < 4.78 is 0. The van der Waals surface area contributed by atoms with Gasteiger partial charge in [0.15, 0.2) is 0 Å². The third kappa shape index (κ3) is 2.19. The van der Waals surface area contributed by atoms with Crippen molar-refractivity contribution in [3.05, 3.63) is 0 Å². The van der Waals surface area contributed by atoms with E-state index in [0.717, 1.165) is 19.3 Å². The molecule has 0 radical (unpaired) electrons. The van der Waals surface area contributed by atoms with Crippen LogP contribution in [0.3, 0.4) is 0 Å². The van der Waals surface area contributed by atoms with Gasteiger partial charge in [0.2, 0.25) is 0 Å². The second kappa shape index (κ2) is 3.72. The van der Waals surface area contributed by atoms with Crippen LogP contribution >= 0.6 is 0 Å². The van der Waals surface area contributed by atoms with Crippen LogP contribution in [0.5, 0.6) is 0 Å². The van der Waals surface area contributed by atoms with E-state index in [1.54, 1.807) is 0 Å². The fourth-order valence-electron chi connectivity index (χ4n) is 1.58. The van der Waals surface area contributed by atoms with Gasteiger partial charge in [0.05, 0.1) is 12.0 Å². The van der Waals surface area contributed by atoms with Gasteiger partial charge in [-0.25, -0.2) is 0 Å². The van der Waals surface area contributed by atoms with Gasteiger partial charge in [-0.2, -0.15) is 0 Å². The van der Waals surface area contributed by atoms with Crippen molar-refractivity contribution in [1.82, 2.24) is 0 Å². The minimum absolute atomic E-state index is 0.516. The van der Waals surface area contributed by atoms with Crippen LogP contribution in [0, 0.1) is 5.92 Å². The van der Waals surface area contributed by atoms with Crippen molar-refractivity contribution >= 4 is 5.97 Å². The lowest BCUT2D eigenvalue weighted by Gasteiger charge is -2.14. The summed E-state index contributed by atoms with van der Waals surface area (Å²) in [6, 6.07) is 0. The second-order valence-electron chi connectivity index (χ2n) is 3.15. The van der Waals surface area contributed by atoms with Crippen molar-refractivity contribution in [1.29, 1.82) is 0 Å². The van der Waals surface area contributed by atoms with Gasteiger partial charge in [-0.1, -0.05) is 19.3 Å². The van der Waals surface area contributed by atoms with Gasteiger partial charge in [0, 0.05) is 0 Å². The van der Waals surface area contributed by atoms with Gasteiger partial charge in [0.25, 0.3) is 0 Å². The molecule has 1 saturated carbocycles. The van der Waals surface area contributed by atoms with Gasteiger partial charge < -0.3 is 10.2 Å². The molecular weight excluding hydrogens is 144 g/mol. The van der Waals surface area contributed by atoms with Crippen molar-refractivity contribution in [2.45, 2.75) is 38.2 Å². The van der Waals surface area contributed by atoms with E-state index in [1.165, 1.54) is 0 Å². The molecule has 0 unspecified atom stereocenters. The van der Waals surface area contributed by atoms with E-state index in [-0.39, 0.29) is 0 Å². The molecular formula is C8H14O3. The van der Waals surface area contributed by atoms with Gasteiger partial charge >= 0.3 is 5.97 Å². The number of carboxylic acids is 1. The molecule has 1 aliphatic rings. The topological polar surface area (TPSA) is 57.5 Å². The zero-order chi connectivity index (χ0) is 8.27. The number of aliphatic hydroxyl groups excluding tert-OH is 1. The Kier molecular flexibility index (Phi) is 2.88. The van der Waals surface area contributed by atoms with Gasteiger partial charge in [-0.15, -0.1) is 0 Å². The van der Waals surface area contributed by atoms with Crippen molar-refractivity contribution < 1.29 is 15.0 Å². The van der Waals surface area contributed by atoms with E-state index in [1.807, 2.05) is 0 Å². The lowest BCUT2D eigenvalue weighted by Crippen LogP contribution is -2.26. The lowest BCUT2D eigenvalue weighted by atomic mass is 9.98. The highest BCUT2D eigenvalue weighted by atomic mass is 16.4. The van der Waals surface area contributed by atoms with E-state index >= 15 is 0 Å². The molecule has 0 amide bonds. The molecule has 0 saturated heterocycles. The quantitative estimate of drug-likeness (QED) is 0.560. The maximum absolute atomic E-state index is 10.6. The van der Waals surface area contributed by atoms with Crippen molar-refractivity contribution in [2.75, 3.05) is 0 Å². The predicted octanol–water partition coefficient (Wildman–Crippen LogP) is 1.01. The SMILES string of the molecule is O=C(O)[C@H]1CCCCC[C@H]1O. The van der Waals surface area contributed by atoms with Gasteiger partial charge in [0.1, 0.15) is 0 Å². The number of aliphatic carboxylic acids is 1. The van der Waals surface area contributed by atoms with Crippen molar-refractivity contribution in [3.8, 4) is 0 Å². The Bertz CT molecular complexity index is 144. The summed E-state index contributed by atoms with van der Waals surface area (Å²) in [5, 5.41) is 18.0. The molecule has 0 aromatic rings. The molecule has 1 aliphatic carbocycles. The van der Waals surface area contributed by atoms with E-state index in [0.29, 0.717) is 12.8 Å². The molecule has 0 spiro atoms. The van der Waals surface area contributed by atoms with Crippen molar-refractivity contribution in [3.63, 3.8) is 0 Å². The molecule has 0 aromatic carbocycles. The summed E-state index contributed by atoms with van der Waals surface area (Å²) >= 11 is 0. The first kappa shape index (κ1) is 8.53. The van der Waals surface area contributed by atoms with Crippen molar-refractivity contribution in [2.24, 2.45) is 5.92 Å². The molecule has 2 N–H and O–H groups in total. The normalized spacial score (nSPS) is 32.8. The second-order valence-corrected chi connectivity index (χ2v) is 3.15. The number of carbonyl (C=O) groups is 1. The minimum atomic E-state index is -0.848. The zero-order valence-corrected chi connectivity index (χ0v) is 6.49. The molecule has 0 heterocycles. The summed E-state index contributed by atoms with van der Waals surface area (Å²) in [4.78, 5) is 10.6. The van der Waals surface area contributed by atoms with Gasteiger partial charge in [-0.05, 0) is 12.8 Å². The van der Waals surface area contributed by atoms with Gasteiger partial charge in [-0.3, -0.25) is 4.79 Å². The number of hydrogen-bond donors (Lipinski definition) is 2. The number of hydrogen-bond acceptors (Lipinski definition) is 2. The first-order chi connectivity index (χ1) is 5.22. The van der Waals surface area contributed by atoms with Crippen LogP contribution in [0.1, 0.15) is 32.1 Å². The first-order valence-electron chi connectivity index (χ1n) is 4.12. The predicted molar refractivity (Wildman–Crippen MR) is 40.2 cm³/mol. The van der Waals surface area contributed by atoms with Crippen LogP contribution in [-0.2, 0) is 4.79 Å². The Morgan fingerprint density at radius 1 is 1.18 bits per heavy atom. The fraction of sp³-hybridized carbons (Fsp3) is 0.875. The molecule has 0 aliphatic heterocycles. The largest absolute Gasteiger partial charge is 0.481 e. The highest BCUT2D eigenvalue weighted by Gasteiger charge is 2.27. The Hall–Kier alpha value is -0.570. The Morgan fingerprint density at radius 2 is 1.82 bits per heavy atom. The molecule has 64 valence electrons. The summed E-state index contributed by atoms with van der Waals surface area (Å²) in [6.45, 7) is 0. The third-order valence-electron chi connectivity index (χ3n) is 2.30. The standard InChI is InChI=1S/C8H14O3/c9-7-5-3-1-2-4-6(7)8(10)11/h6-7,9H,1-5H2,(H,10,11)/t6-,7+/m0/s1. The first-order valence-corrected chi connectivity index (χ1v) is 4.12. The monoisotopic (exact) mass is 158 g/mol. The molecule has 11 heavy (non-hydrogen) atoms. The molecule has 1 fully saturated rings. The van der Waals surface area contributed by atoms with Crippen LogP contribution in [0.25, 0.3) is 0 Å². The maximum Gasteiger partial charge on any atom is 0.309 e. The lowest BCUT2D eigenvalue weighted by molar-refractivity contribution is -0.145. The number of aliphatic hydroxyl groups is 1. The maximum atomic E-state index is 10.6. The summed E-state index contributed by atoms with van der Waals surface area (Å²) in [5.74, 6) is -1.36. The summed E-state index contributed by atoms with van der Waals surface area (Å²) in [7, 11) is 0. The molecule has 0 aromatic heterocycles. The average Bonchev–Trinajstić information content (AvgIpc) is 2.13. The van der Waals surface area contributed by atoms with Crippen LogP contribution in [0.15, 0.2) is 0 Å². The Morgan fingerprint density at radius 3 is 2.45 bits per heavy atom. The molecule has 2 atom stereocenters. The summed E-state index contributed by atoms with van der Waals surface area (Å²) in [6.07, 6.45) is 3.63. The highest BCUT2D eigenvalue weighted by Crippen LogP contribution is 2.23. The number of rotatable bonds is 1. The molecule has 1 rings (SSSR count). The molecule has 3 nitrogen and oxygen atoms in total. The Labute approximate surface area is 66.0 Å². The highest BCUT2D eigenvalue weighted by molar-refractivity contribution is 5.70. The Balaban J connectivity index is 2.52. The van der Waals surface area contributed by atoms with E-state index in [2.05, 4.69) is 0 Å². The van der Waals surface area contributed by atoms with E-state index in [4.69, 9.17) is 5.11 Å². The fourth-order valence-corrected chi connectivity index (χ4v) is 1.58. The smallest absolute Gasteiger partial charge is 0.309 e. The van der Waals surface area contributed by atoms with Crippen LogP contribution in [-0.4, -0.2) is 22.3 Å². The molecule has 0 bridgehead atoms. The zero-order valence-electron chi connectivity index (χ0n) is 6.49.